The van der Waals surface area contributed by atoms with Crippen molar-refractivity contribution < 1.29 is 9.15 Å². The molecule has 0 aliphatic heterocycles. The lowest BCUT2D eigenvalue weighted by atomic mass is 10.2. The molecule has 0 amide bonds. The first-order valence-electron chi connectivity index (χ1n) is 6.54. The Morgan fingerprint density at radius 3 is 2.85 bits per heavy atom. The van der Waals surface area contributed by atoms with Gasteiger partial charge in [-0.1, -0.05) is 15.9 Å². The lowest BCUT2D eigenvalue weighted by molar-refractivity contribution is 0.333. The van der Waals surface area contributed by atoms with Crippen LogP contribution in [0.25, 0.3) is 0 Å². The molecule has 0 radical (unpaired) electrons. The Balaban J connectivity index is 1.94. The predicted molar refractivity (Wildman–Crippen MR) is 87.1 cm³/mol. The van der Waals surface area contributed by atoms with Gasteiger partial charge in [0.15, 0.2) is 0 Å². The van der Waals surface area contributed by atoms with Gasteiger partial charge in [-0.25, -0.2) is 0 Å². The second-order valence-corrected chi connectivity index (χ2v) is 6.09. The van der Waals surface area contributed by atoms with Gasteiger partial charge in [0.25, 0.3) is 0 Å². The van der Waals surface area contributed by atoms with Crippen molar-refractivity contribution in [3.05, 3.63) is 50.8 Å². The van der Waals surface area contributed by atoms with Crippen molar-refractivity contribution in [2.24, 2.45) is 0 Å². The van der Waals surface area contributed by atoms with Crippen LogP contribution in [0.5, 0.6) is 5.75 Å². The van der Waals surface area contributed by atoms with E-state index in [1.807, 2.05) is 25.1 Å². The predicted octanol–water partition coefficient (Wildman–Crippen LogP) is 4.54. The number of hydrogen-bond acceptors (Lipinski definition) is 3. The highest BCUT2D eigenvalue weighted by molar-refractivity contribution is 9.11. The molecule has 1 N–H and O–H groups in total. The fraction of sp³-hybridized carbons (Fsp3) is 0.333. The lowest BCUT2D eigenvalue weighted by Gasteiger charge is -2.13. The number of halogens is 2. The van der Waals surface area contributed by atoms with Gasteiger partial charge < -0.3 is 14.5 Å². The molecule has 0 spiro atoms. The fourth-order valence-electron chi connectivity index (χ4n) is 1.94. The van der Waals surface area contributed by atoms with Crippen LogP contribution in [0.15, 0.2) is 43.9 Å². The van der Waals surface area contributed by atoms with Crippen LogP contribution in [0.1, 0.15) is 18.2 Å². The highest BCUT2D eigenvalue weighted by atomic mass is 79.9. The van der Waals surface area contributed by atoms with E-state index in [1.165, 1.54) is 0 Å². The molecular formula is C15H17Br2NO2. The molecule has 0 saturated heterocycles. The molecule has 0 bridgehead atoms. The summed E-state index contributed by atoms with van der Waals surface area (Å²) in [5.74, 6) is 1.90. The minimum Gasteiger partial charge on any atom is -0.492 e. The number of nitrogens with one attached hydrogen (secondary N) is 1. The maximum Gasteiger partial charge on any atom is 0.138 e. The van der Waals surface area contributed by atoms with Crippen LogP contribution in [-0.2, 0) is 13.0 Å². The number of benzene rings is 1. The van der Waals surface area contributed by atoms with Crippen LogP contribution >= 0.6 is 31.9 Å². The van der Waals surface area contributed by atoms with Gasteiger partial charge in [-0.05, 0) is 47.1 Å². The molecule has 0 aliphatic carbocycles. The minimum absolute atomic E-state index is 0.652. The summed E-state index contributed by atoms with van der Waals surface area (Å²) in [7, 11) is 0. The number of furan rings is 1. The van der Waals surface area contributed by atoms with Gasteiger partial charge in [-0.15, -0.1) is 0 Å². The van der Waals surface area contributed by atoms with Crippen LogP contribution in [0.2, 0.25) is 0 Å². The molecule has 20 heavy (non-hydrogen) atoms. The van der Waals surface area contributed by atoms with Crippen LogP contribution in [0.4, 0.5) is 0 Å². The molecule has 0 atom stereocenters. The summed E-state index contributed by atoms with van der Waals surface area (Å²) in [4.78, 5) is 0. The zero-order chi connectivity index (χ0) is 14.4. The Hall–Kier alpha value is -0.780. The first-order chi connectivity index (χ1) is 9.70. The molecule has 1 aromatic carbocycles. The fourth-order valence-corrected chi connectivity index (χ4v) is 3.37. The maximum atomic E-state index is 5.70. The molecule has 0 fully saturated rings. The molecule has 2 aromatic rings. The summed E-state index contributed by atoms with van der Waals surface area (Å²) in [5.41, 5.74) is 1.13. The van der Waals surface area contributed by atoms with E-state index in [1.54, 1.807) is 6.26 Å². The average Bonchev–Trinajstić information content (AvgIpc) is 2.91. The SMILES string of the molecule is CCOc1c(Br)cc(Br)cc1CNCCc1ccco1. The van der Waals surface area contributed by atoms with Crippen molar-refractivity contribution in [3.8, 4) is 5.75 Å². The van der Waals surface area contributed by atoms with E-state index in [4.69, 9.17) is 9.15 Å². The molecule has 1 aromatic heterocycles. The summed E-state index contributed by atoms with van der Waals surface area (Å²) < 4.78 is 13.0. The summed E-state index contributed by atoms with van der Waals surface area (Å²) in [5, 5.41) is 3.41. The third-order valence-electron chi connectivity index (χ3n) is 2.82. The summed E-state index contributed by atoms with van der Waals surface area (Å²) >= 11 is 7.05. The standard InChI is InChI=1S/C15H17Br2NO2/c1-2-19-15-11(8-12(16)9-14(15)17)10-18-6-5-13-4-3-7-20-13/h3-4,7-9,18H,2,5-6,10H2,1H3. The Bertz CT molecular complexity index is 541. The van der Waals surface area contributed by atoms with Gasteiger partial charge in [0.05, 0.1) is 17.3 Å². The quantitative estimate of drug-likeness (QED) is 0.690. The van der Waals surface area contributed by atoms with Gasteiger partial charge in [-0.2, -0.15) is 0 Å². The second-order valence-electron chi connectivity index (χ2n) is 4.32. The van der Waals surface area contributed by atoms with Gasteiger partial charge in [0.2, 0.25) is 0 Å². The first-order valence-corrected chi connectivity index (χ1v) is 8.13. The number of rotatable bonds is 7. The highest BCUT2D eigenvalue weighted by Crippen LogP contribution is 2.32. The summed E-state index contributed by atoms with van der Waals surface area (Å²) in [6.07, 6.45) is 2.58. The van der Waals surface area contributed by atoms with Gasteiger partial charge in [-0.3, -0.25) is 0 Å². The smallest absolute Gasteiger partial charge is 0.138 e. The van der Waals surface area contributed by atoms with Crippen molar-refractivity contribution in [1.82, 2.24) is 5.32 Å². The first kappa shape index (κ1) is 15.6. The average molecular weight is 403 g/mol. The zero-order valence-corrected chi connectivity index (χ0v) is 14.5. The molecule has 2 rings (SSSR count). The summed E-state index contributed by atoms with van der Waals surface area (Å²) in [6.45, 7) is 4.26. The third kappa shape index (κ3) is 4.36. The molecular weight excluding hydrogens is 386 g/mol. The topological polar surface area (TPSA) is 34.4 Å². The van der Waals surface area contributed by atoms with Gasteiger partial charge in [0, 0.05) is 29.5 Å². The second kappa shape index (κ2) is 7.86. The van der Waals surface area contributed by atoms with E-state index in [0.29, 0.717) is 6.61 Å². The molecule has 108 valence electrons. The molecule has 3 nitrogen and oxygen atoms in total. The van der Waals surface area contributed by atoms with Crippen LogP contribution in [-0.4, -0.2) is 13.2 Å². The van der Waals surface area contributed by atoms with Crippen molar-refractivity contribution in [2.45, 2.75) is 19.9 Å². The van der Waals surface area contributed by atoms with E-state index in [9.17, 15) is 0 Å². The Morgan fingerprint density at radius 1 is 1.30 bits per heavy atom. The normalized spacial score (nSPS) is 10.8. The largest absolute Gasteiger partial charge is 0.492 e. The van der Waals surface area contributed by atoms with Crippen molar-refractivity contribution in [2.75, 3.05) is 13.2 Å². The third-order valence-corrected chi connectivity index (χ3v) is 3.86. The number of ether oxygens (including phenoxy) is 1. The van der Waals surface area contributed by atoms with Crippen LogP contribution < -0.4 is 10.1 Å². The van der Waals surface area contributed by atoms with E-state index in [2.05, 4.69) is 43.2 Å². The minimum atomic E-state index is 0.652. The monoisotopic (exact) mass is 401 g/mol. The Kier molecular flexibility index (Phi) is 6.13. The van der Waals surface area contributed by atoms with E-state index in [0.717, 1.165) is 45.5 Å². The van der Waals surface area contributed by atoms with Gasteiger partial charge >= 0.3 is 0 Å². The van der Waals surface area contributed by atoms with E-state index < -0.39 is 0 Å². The van der Waals surface area contributed by atoms with Gasteiger partial charge in [0.1, 0.15) is 11.5 Å². The van der Waals surface area contributed by atoms with Crippen molar-refractivity contribution in [3.63, 3.8) is 0 Å². The zero-order valence-electron chi connectivity index (χ0n) is 11.3. The van der Waals surface area contributed by atoms with Crippen molar-refractivity contribution >= 4 is 31.9 Å². The highest BCUT2D eigenvalue weighted by Gasteiger charge is 2.09. The summed E-state index contributed by atoms with van der Waals surface area (Å²) in [6, 6.07) is 7.98. The van der Waals surface area contributed by atoms with Crippen LogP contribution in [0, 0.1) is 0 Å². The maximum absolute atomic E-state index is 5.70. The molecule has 1 heterocycles. The molecule has 0 saturated carbocycles. The van der Waals surface area contributed by atoms with Crippen LogP contribution in [0.3, 0.4) is 0 Å². The molecule has 0 aliphatic rings. The van der Waals surface area contributed by atoms with E-state index >= 15 is 0 Å². The molecule has 5 heteroatoms. The number of hydrogen-bond donors (Lipinski definition) is 1. The van der Waals surface area contributed by atoms with Crippen molar-refractivity contribution in [1.29, 1.82) is 0 Å². The Morgan fingerprint density at radius 2 is 2.15 bits per heavy atom. The van der Waals surface area contributed by atoms with E-state index in [-0.39, 0.29) is 0 Å². The lowest BCUT2D eigenvalue weighted by Crippen LogP contribution is -2.17. The molecule has 0 unspecified atom stereocenters. The Labute approximate surface area is 136 Å².